The fourth-order valence-electron chi connectivity index (χ4n) is 5.87. The van der Waals surface area contributed by atoms with Gasteiger partial charge >= 0.3 is 6.18 Å². The monoisotopic (exact) mass is 620 g/mol. The van der Waals surface area contributed by atoms with Crippen molar-refractivity contribution < 1.29 is 32.3 Å². The van der Waals surface area contributed by atoms with Crippen LogP contribution in [0.3, 0.4) is 0 Å². The smallest absolute Gasteiger partial charge is 0.416 e. The Morgan fingerprint density at radius 3 is 2.58 bits per heavy atom. The number of piperidine rings is 2. The maximum atomic E-state index is 13.1. The van der Waals surface area contributed by atoms with Crippen LogP contribution < -0.4 is 15.4 Å². The first-order valence-electron chi connectivity index (χ1n) is 14.6. The second-order valence-corrected chi connectivity index (χ2v) is 11.3. The summed E-state index contributed by atoms with van der Waals surface area (Å²) in [6, 6.07) is 11.7. The molecule has 10 nitrogen and oxygen atoms in total. The van der Waals surface area contributed by atoms with E-state index in [-0.39, 0.29) is 29.3 Å². The Balaban J connectivity index is 1.08. The highest BCUT2D eigenvalue weighted by atomic mass is 19.4. The lowest BCUT2D eigenvalue weighted by Gasteiger charge is -2.31. The molecule has 2 aromatic heterocycles. The number of rotatable bonds is 7. The molecule has 2 N–H and O–H groups in total. The zero-order valence-electron chi connectivity index (χ0n) is 24.4. The number of carbonyl (C=O) groups excluding carboxylic acids is 3. The van der Waals surface area contributed by atoms with Crippen molar-refractivity contribution in [2.24, 2.45) is 0 Å². The SMILES string of the molecule is COc1cc2nn(C3CCN(Cc4ccc(C5CCC(=O)NC5=O)cn4)CC3)cc2cc1NC(=O)c1cccc(C(F)(F)F)c1. The van der Waals surface area contributed by atoms with Crippen LogP contribution in [-0.2, 0) is 22.3 Å². The van der Waals surface area contributed by atoms with Crippen molar-refractivity contribution in [2.75, 3.05) is 25.5 Å². The molecule has 13 heteroatoms. The molecule has 1 atom stereocenters. The van der Waals surface area contributed by atoms with Crippen molar-refractivity contribution in [2.45, 2.75) is 50.4 Å². The Hall–Kier alpha value is -4.78. The number of methoxy groups -OCH3 is 1. The zero-order valence-corrected chi connectivity index (χ0v) is 24.4. The third-order valence-electron chi connectivity index (χ3n) is 8.35. The highest BCUT2D eigenvalue weighted by Crippen LogP contribution is 2.33. The van der Waals surface area contributed by atoms with Crippen LogP contribution in [0.1, 0.15) is 64.8 Å². The van der Waals surface area contributed by atoms with Crippen molar-refractivity contribution in [3.05, 3.63) is 83.3 Å². The Morgan fingerprint density at radius 1 is 1.09 bits per heavy atom. The molecule has 2 aliphatic rings. The fourth-order valence-corrected chi connectivity index (χ4v) is 5.87. The standard InChI is InChI=1S/C32H31F3N6O4/c1-45-28-15-26-21(14-27(28)37-30(43)19-3-2-4-22(13-19)32(33,34)35)17-41(39-26)24-9-11-40(12-10-24)18-23-6-5-20(16-36-23)25-7-8-29(42)38-31(25)44/h2-6,13-17,24-25H,7-12,18H2,1H3,(H,37,43)(H,38,42,44). The van der Waals surface area contributed by atoms with Crippen molar-refractivity contribution in [3.63, 3.8) is 0 Å². The van der Waals surface area contributed by atoms with Crippen LogP contribution in [0.5, 0.6) is 5.75 Å². The number of hydrogen-bond donors (Lipinski definition) is 2. The molecule has 0 aliphatic carbocycles. The van der Waals surface area contributed by atoms with Gasteiger partial charge < -0.3 is 10.1 Å². The van der Waals surface area contributed by atoms with E-state index >= 15 is 0 Å². The van der Waals surface area contributed by atoms with Crippen LogP contribution in [0.2, 0.25) is 0 Å². The highest BCUT2D eigenvalue weighted by Gasteiger charge is 2.31. The molecule has 2 aromatic carbocycles. The number of alkyl halides is 3. The lowest BCUT2D eigenvalue weighted by atomic mass is 9.91. The normalized spacial score (nSPS) is 18.2. The molecule has 6 rings (SSSR count). The third kappa shape index (κ3) is 6.68. The fraction of sp³-hybridized carbons (Fsp3) is 0.344. The summed E-state index contributed by atoms with van der Waals surface area (Å²) in [6.45, 7) is 2.34. The molecule has 0 saturated carbocycles. The summed E-state index contributed by atoms with van der Waals surface area (Å²) >= 11 is 0. The van der Waals surface area contributed by atoms with Crippen LogP contribution in [0, 0.1) is 0 Å². The Kier molecular flexibility index (Phi) is 8.28. The molecule has 3 amide bonds. The van der Waals surface area contributed by atoms with Crippen molar-refractivity contribution in [1.82, 2.24) is 25.0 Å². The molecule has 4 aromatic rings. The number of benzene rings is 2. The summed E-state index contributed by atoms with van der Waals surface area (Å²) < 4.78 is 46.8. The predicted octanol–water partition coefficient (Wildman–Crippen LogP) is 5.07. The van der Waals surface area contributed by atoms with E-state index in [0.29, 0.717) is 36.3 Å². The van der Waals surface area contributed by atoms with Crippen LogP contribution >= 0.6 is 0 Å². The zero-order chi connectivity index (χ0) is 31.7. The number of likely N-dealkylation sites (tertiary alicyclic amines) is 1. The predicted molar refractivity (Wildman–Crippen MR) is 159 cm³/mol. The Morgan fingerprint density at radius 2 is 1.89 bits per heavy atom. The second kappa shape index (κ2) is 12.3. The summed E-state index contributed by atoms with van der Waals surface area (Å²) in [5.41, 5.74) is 1.70. The molecule has 1 unspecified atom stereocenters. The van der Waals surface area contributed by atoms with E-state index in [1.54, 1.807) is 18.3 Å². The molecular formula is C32H31F3N6O4. The first-order valence-corrected chi connectivity index (χ1v) is 14.6. The number of halogens is 3. The van der Waals surface area contributed by atoms with E-state index in [9.17, 15) is 27.6 Å². The number of nitrogens with one attached hydrogen (secondary N) is 2. The van der Waals surface area contributed by atoms with Gasteiger partial charge in [-0.2, -0.15) is 18.3 Å². The van der Waals surface area contributed by atoms with Gasteiger partial charge in [-0.3, -0.25) is 34.3 Å². The van der Waals surface area contributed by atoms with E-state index in [1.807, 2.05) is 23.0 Å². The second-order valence-electron chi connectivity index (χ2n) is 11.3. The number of imide groups is 1. The molecule has 0 bridgehead atoms. The average molecular weight is 621 g/mol. The van der Waals surface area contributed by atoms with Crippen LogP contribution in [0.15, 0.2) is 60.9 Å². The highest BCUT2D eigenvalue weighted by molar-refractivity contribution is 6.06. The molecule has 234 valence electrons. The van der Waals surface area contributed by atoms with E-state index < -0.39 is 17.6 Å². The first-order chi connectivity index (χ1) is 21.6. The number of nitrogens with zero attached hydrogens (tertiary/aromatic N) is 4. The minimum atomic E-state index is -4.56. The molecular weight excluding hydrogens is 589 g/mol. The van der Waals surface area contributed by atoms with Gasteiger partial charge in [0.25, 0.3) is 5.91 Å². The lowest BCUT2D eigenvalue weighted by Crippen LogP contribution is -2.39. The Labute approximate surface area is 256 Å². The van der Waals surface area contributed by atoms with E-state index in [1.165, 1.54) is 19.2 Å². The number of anilines is 1. The summed E-state index contributed by atoms with van der Waals surface area (Å²) in [4.78, 5) is 43.3. The van der Waals surface area contributed by atoms with Crippen molar-refractivity contribution in [1.29, 1.82) is 0 Å². The van der Waals surface area contributed by atoms with Gasteiger partial charge in [-0.15, -0.1) is 0 Å². The topological polar surface area (TPSA) is 118 Å². The Bertz CT molecular complexity index is 1750. The van der Waals surface area contributed by atoms with E-state index in [2.05, 4.69) is 20.5 Å². The average Bonchev–Trinajstić information content (AvgIpc) is 3.44. The van der Waals surface area contributed by atoms with Gasteiger partial charge in [0, 0.05) is 55.5 Å². The summed E-state index contributed by atoms with van der Waals surface area (Å²) in [5.74, 6) is -1.20. The number of pyridine rings is 1. The van der Waals surface area contributed by atoms with Gasteiger partial charge in [-0.05, 0) is 55.2 Å². The molecule has 2 aliphatic heterocycles. The lowest BCUT2D eigenvalue weighted by molar-refractivity contribution is -0.138. The molecule has 0 spiro atoms. The van der Waals surface area contributed by atoms with Gasteiger partial charge in [-0.1, -0.05) is 12.1 Å². The van der Waals surface area contributed by atoms with Gasteiger partial charge in [0.15, 0.2) is 0 Å². The minimum Gasteiger partial charge on any atom is -0.494 e. The van der Waals surface area contributed by atoms with Gasteiger partial charge in [0.1, 0.15) is 5.75 Å². The summed E-state index contributed by atoms with van der Waals surface area (Å²) in [6.07, 6.45) is 1.61. The first kappa shape index (κ1) is 30.3. The largest absolute Gasteiger partial charge is 0.494 e. The molecule has 2 fully saturated rings. The van der Waals surface area contributed by atoms with Crippen molar-refractivity contribution >= 4 is 34.3 Å². The quantitative estimate of drug-likeness (QED) is 0.277. The van der Waals surface area contributed by atoms with Crippen LogP contribution in [0.25, 0.3) is 10.9 Å². The summed E-state index contributed by atoms with van der Waals surface area (Å²) in [5, 5.41) is 10.6. The minimum absolute atomic E-state index is 0.116. The number of hydrogen-bond acceptors (Lipinski definition) is 7. The van der Waals surface area contributed by atoms with E-state index in [0.717, 1.165) is 54.7 Å². The number of amides is 3. The van der Waals surface area contributed by atoms with Gasteiger partial charge in [0.2, 0.25) is 11.8 Å². The maximum absolute atomic E-state index is 13.1. The number of ether oxygens (including phenoxy) is 1. The van der Waals surface area contributed by atoms with Crippen LogP contribution in [0.4, 0.5) is 18.9 Å². The maximum Gasteiger partial charge on any atom is 0.416 e. The third-order valence-corrected chi connectivity index (χ3v) is 8.35. The van der Waals surface area contributed by atoms with Gasteiger partial charge in [0.05, 0.1) is 41.5 Å². The van der Waals surface area contributed by atoms with Crippen LogP contribution in [-0.4, -0.2) is 57.6 Å². The molecule has 4 heterocycles. The summed E-state index contributed by atoms with van der Waals surface area (Å²) in [7, 11) is 1.45. The number of carbonyl (C=O) groups is 3. The van der Waals surface area contributed by atoms with Gasteiger partial charge in [-0.25, -0.2) is 0 Å². The number of aromatic nitrogens is 3. The van der Waals surface area contributed by atoms with Crippen molar-refractivity contribution in [3.8, 4) is 5.75 Å². The number of fused-ring (bicyclic) bond motifs is 1. The van der Waals surface area contributed by atoms with E-state index in [4.69, 9.17) is 9.84 Å². The molecule has 45 heavy (non-hydrogen) atoms. The molecule has 0 radical (unpaired) electrons. The molecule has 2 saturated heterocycles.